The molecule has 0 bridgehead atoms. The Morgan fingerprint density at radius 1 is 1.08 bits per heavy atom. The first kappa shape index (κ1) is 18.6. The zero-order chi connectivity index (χ0) is 17.5. The minimum atomic E-state index is 0.0938. The molecule has 0 spiro atoms. The molecule has 1 heterocycles. The van der Waals surface area contributed by atoms with E-state index in [1.807, 2.05) is 12.1 Å². The Labute approximate surface area is 155 Å². The van der Waals surface area contributed by atoms with Gasteiger partial charge in [0, 0.05) is 36.6 Å². The van der Waals surface area contributed by atoms with Crippen LogP contribution >= 0.6 is 11.8 Å². The van der Waals surface area contributed by atoms with E-state index in [1.54, 1.807) is 12.4 Å². The SMILES string of the molecule is O=C(Nc1ccncc1)C1CCC(N(CC2CCCCC2)NCl)CC1. The van der Waals surface area contributed by atoms with Crippen LogP contribution in [-0.2, 0) is 4.79 Å². The van der Waals surface area contributed by atoms with Gasteiger partial charge in [0.1, 0.15) is 0 Å². The van der Waals surface area contributed by atoms with Crippen molar-refractivity contribution in [3.05, 3.63) is 24.5 Å². The van der Waals surface area contributed by atoms with Crippen LogP contribution in [0.1, 0.15) is 57.8 Å². The summed E-state index contributed by atoms with van der Waals surface area (Å²) in [5.41, 5.74) is 0.823. The predicted octanol–water partition coefficient (Wildman–Crippen LogP) is 4.12. The molecule has 5 nitrogen and oxygen atoms in total. The van der Waals surface area contributed by atoms with Crippen LogP contribution in [0.25, 0.3) is 0 Å². The highest BCUT2D eigenvalue weighted by molar-refractivity contribution is 6.13. The number of hydrogen-bond donors (Lipinski definition) is 2. The second-order valence-corrected chi connectivity index (χ2v) is 7.64. The van der Waals surface area contributed by atoms with Crippen molar-refractivity contribution in [2.24, 2.45) is 11.8 Å². The van der Waals surface area contributed by atoms with Gasteiger partial charge in [-0.2, -0.15) is 4.94 Å². The number of halogens is 1. The van der Waals surface area contributed by atoms with Crippen molar-refractivity contribution in [3.8, 4) is 0 Å². The Morgan fingerprint density at radius 2 is 1.76 bits per heavy atom. The smallest absolute Gasteiger partial charge is 0.227 e. The third-order valence-electron chi connectivity index (χ3n) is 5.74. The molecule has 0 aliphatic heterocycles. The fraction of sp³-hybridized carbons (Fsp3) is 0.684. The van der Waals surface area contributed by atoms with Crippen LogP contribution in [0.3, 0.4) is 0 Å². The number of pyridine rings is 1. The highest BCUT2D eigenvalue weighted by Gasteiger charge is 2.30. The lowest BCUT2D eigenvalue weighted by Crippen LogP contribution is -2.46. The average Bonchev–Trinajstić information content (AvgIpc) is 2.68. The molecule has 0 atom stereocenters. The topological polar surface area (TPSA) is 57.3 Å². The summed E-state index contributed by atoms with van der Waals surface area (Å²) in [4.78, 5) is 19.3. The highest BCUT2D eigenvalue weighted by atomic mass is 35.5. The maximum atomic E-state index is 12.4. The van der Waals surface area contributed by atoms with E-state index in [-0.39, 0.29) is 11.8 Å². The van der Waals surface area contributed by atoms with E-state index in [0.717, 1.165) is 43.8 Å². The molecule has 138 valence electrons. The number of nitrogens with zero attached hydrogens (tertiary/aromatic N) is 2. The molecule has 25 heavy (non-hydrogen) atoms. The largest absolute Gasteiger partial charge is 0.326 e. The Bertz CT molecular complexity index is 527. The number of hydrazine groups is 1. The molecule has 2 aliphatic carbocycles. The standard InChI is InChI=1S/C19H29ClN4O/c20-23-24(14-15-4-2-1-3-5-15)18-8-6-16(7-9-18)19(25)22-17-10-12-21-13-11-17/h10-13,15-16,18,23H,1-9,14H2,(H,21,22,25). The number of amides is 1. The van der Waals surface area contributed by atoms with E-state index in [1.165, 1.54) is 32.1 Å². The number of carbonyl (C=O) groups is 1. The molecule has 1 aromatic rings. The first-order valence-corrected chi connectivity index (χ1v) is 9.98. The van der Waals surface area contributed by atoms with Crippen LogP contribution in [0.5, 0.6) is 0 Å². The number of rotatable bonds is 6. The lowest BCUT2D eigenvalue weighted by Gasteiger charge is -2.37. The number of carbonyl (C=O) groups excluding carboxylic acids is 1. The van der Waals surface area contributed by atoms with Gasteiger partial charge in [-0.25, -0.2) is 5.01 Å². The Hall–Kier alpha value is -1.17. The molecule has 2 saturated carbocycles. The first-order chi connectivity index (χ1) is 12.3. The molecular weight excluding hydrogens is 336 g/mol. The number of nitrogens with one attached hydrogen (secondary N) is 2. The van der Waals surface area contributed by atoms with Crippen molar-refractivity contribution in [1.29, 1.82) is 0 Å². The van der Waals surface area contributed by atoms with Gasteiger partial charge in [-0.1, -0.05) is 19.3 Å². The van der Waals surface area contributed by atoms with Gasteiger partial charge >= 0.3 is 0 Å². The second-order valence-electron chi connectivity index (χ2n) is 7.47. The lowest BCUT2D eigenvalue weighted by atomic mass is 9.84. The molecule has 0 radical (unpaired) electrons. The summed E-state index contributed by atoms with van der Waals surface area (Å²) in [6.45, 7) is 1.03. The van der Waals surface area contributed by atoms with Crippen molar-refractivity contribution in [2.75, 3.05) is 11.9 Å². The molecule has 0 aromatic carbocycles. The van der Waals surface area contributed by atoms with Crippen molar-refractivity contribution in [1.82, 2.24) is 14.9 Å². The third kappa shape index (κ3) is 5.40. The molecule has 2 fully saturated rings. The minimum absolute atomic E-state index is 0.0938. The maximum Gasteiger partial charge on any atom is 0.227 e. The second kappa shape index (κ2) is 9.51. The summed E-state index contributed by atoms with van der Waals surface area (Å²) in [5, 5.41) is 5.22. The van der Waals surface area contributed by atoms with E-state index in [2.05, 4.69) is 20.3 Å². The van der Waals surface area contributed by atoms with Gasteiger partial charge in [-0.3, -0.25) is 9.78 Å². The number of anilines is 1. The fourth-order valence-electron chi connectivity index (χ4n) is 4.23. The van der Waals surface area contributed by atoms with Crippen molar-refractivity contribution in [3.63, 3.8) is 0 Å². The highest BCUT2D eigenvalue weighted by Crippen LogP contribution is 2.30. The maximum absolute atomic E-state index is 12.4. The van der Waals surface area contributed by atoms with E-state index >= 15 is 0 Å². The van der Waals surface area contributed by atoms with Gasteiger partial charge in [-0.05, 0) is 68.4 Å². The summed E-state index contributed by atoms with van der Waals surface area (Å²) in [6, 6.07) is 4.09. The summed E-state index contributed by atoms with van der Waals surface area (Å²) in [7, 11) is 0. The molecule has 2 N–H and O–H groups in total. The zero-order valence-corrected chi connectivity index (χ0v) is 15.5. The monoisotopic (exact) mass is 364 g/mol. The van der Waals surface area contributed by atoms with Crippen LogP contribution in [0.15, 0.2) is 24.5 Å². The summed E-state index contributed by atoms with van der Waals surface area (Å²) in [5.74, 6) is 0.978. The Balaban J connectivity index is 1.45. The van der Waals surface area contributed by atoms with Crippen LogP contribution in [-0.4, -0.2) is 28.5 Å². The lowest BCUT2D eigenvalue weighted by molar-refractivity contribution is -0.121. The van der Waals surface area contributed by atoms with Crippen LogP contribution in [0.4, 0.5) is 5.69 Å². The van der Waals surface area contributed by atoms with Gasteiger partial charge in [0.2, 0.25) is 5.91 Å². The van der Waals surface area contributed by atoms with E-state index in [4.69, 9.17) is 11.8 Å². The normalized spacial score (nSPS) is 25.0. The van der Waals surface area contributed by atoms with Crippen molar-refractivity contribution >= 4 is 23.4 Å². The molecule has 0 saturated heterocycles. The molecule has 1 aromatic heterocycles. The van der Waals surface area contributed by atoms with Crippen molar-refractivity contribution < 1.29 is 4.79 Å². The molecule has 2 aliphatic rings. The van der Waals surface area contributed by atoms with Gasteiger partial charge < -0.3 is 5.32 Å². The Morgan fingerprint density at radius 3 is 2.40 bits per heavy atom. The van der Waals surface area contributed by atoms with Crippen LogP contribution < -0.4 is 10.3 Å². The predicted molar refractivity (Wildman–Crippen MR) is 101 cm³/mol. The molecule has 6 heteroatoms. The van der Waals surface area contributed by atoms with Crippen LogP contribution in [0.2, 0.25) is 0 Å². The quantitative estimate of drug-likeness (QED) is 0.589. The summed E-state index contributed by atoms with van der Waals surface area (Å²) < 4.78 is 0. The van der Waals surface area contributed by atoms with Crippen LogP contribution in [0, 0.1) is 11.8 Å². The average molecular weight is 365 g/mol. The van der Waals surface area contributed by atoms with Gasteiger partial charge in [0.25, 0.3) is 0 Å². The third-order valence-corrected chi connectivity index (χ3v) is 5.96. The Kier molecular flexibility index (Phi) is 7.08. The van der Waals surface area contributed by atoms with E-state index < -0.39 is 0 Å². The summed E-state index contributed by atoms with van der Waals surface area (Å²) in [6.07, 6.45) is 14.0. The molecule has 3 rings (SSSR count). The summed E-state index contributed by atoms with van der Waals surface area (Å²) >= 11 is 6.02. The molecule has 1 amide bonds. The fourth-order valence-corrected chi connectivity index (χ4v) is 4.44. The zero-order valence-electron chi connectivity index (χ0n) is 14.8. The minimum Gasteiger partial charge on any atom is -0.326 e. The molecule has 0 unspecified atom stereocenters. The molecular formula is C19H29ClN4O. The van der Waals surface area contributed by atoms with Gasteiger partial charge in [0.05, 0.1) is 0 Å². The number of aromatic nitrogens is 1. The van der Waals surface area contributed by atoms with Crippen molar-refractivity contribution in [2.45, 2.75) is 63.8 Å². The first-order valence-electron chi connectivity index (χ1n) is 9.60. The van der Waals surface area contributed by atoms with Gasteiger partial charge in [0.15, 0.2) is 0 Å². The van der Waals surface area contributed by atoms with E-state index in [0.29, 0.717) is 6.04 Å². The number of hydrogen-bond acceptors (Lipinski definition) is 4. The van der Waals surface area contributed by atoms with Gasteiger partial charge in [-0.15, -0.1) is 0 Å². The van der Waals surface area contributed by atoms with E-state index in [9.17, 15) is 4.79 Å².